The average molecular weight is 392 g/mol. The molecule has 0 radical (unpaired) electrons. The molecule has 1 saturated heterocycles. The number of anilines is 1. The lowest BCUT2D eigenvalue weighted by molar-refractivity contribution is -0.120. The van der Waals surface area contributed by atoms with Crippen molar-refractivity contribution in [3.05, 3.63) is 24.3 Å². The Morgan fingerprint density at radius 1 is 1.24 bits per heavy atom. The molecule has 0 aliphatic carbocycles. The van der Waals surface area contributed by atoms with Crippen molar-refractivity contribution in [1.29, 1.82) is 0 Å². The number of ether oxygens (including phenoxy) is 1. The standard InChI is InChI=1S/C18H29N3O2.2ClH/c1-3-21(4-2)12-13-23-17-9-7-16(8-10-17)20-18(22)15-6-5-11-19-14-15;;/h7-10,15,19H,3-6,11-14H2,1-2H3,(H,20,22);2*1H. The summed E-state index contributed by atoms with van der Waals surface area (Å²) >= 11 is 0. The number of amides is 1. The van der Waals surface area contributed by atoms with Gasteiger partial charge in [0.15, 0.2) is 0 Å². The monoisotopic (exact) mass is 391 g/mol. The second-order valence-corrected chi connectivity index (χ2v) is 5.93. The van der Waals surface area contributed by atoms with E-state index in [1.165, 1.54) is 0 Å². The Balaban J connectivity index is 0.00000288. The van der Waals surface area contributed by atoms with Crippen molar-refractivity contribution in [3.8, 4) is 5.75 Å². The van der Waals surface area contributed by atoms with Gasteiger partial charge < -0.3 is 20.3 Å². The van der Waals surface area contributed by atoms with Gasteiger partial charge in [-0.15, -0.1) is 24.8 Å². The molecule has 0 aromatic heterocycles. The van der Waals surface area contributed by atoms with Crippen molar-refractivity contribution in [2.75, 3.05) is 44.6 Å². The number of carbonyl (C=O) groups excluding carboxylic acids is 1. The summed E-state index contributed by atoms with van der Waals surface area (Å²) in [5, 5.41) is 6.26. The normalized spacial score (nSPS) is 16.5. The number of benzene rings is 1. The van der Waals surface area contributed by atoms with Gasteiger partial charge in [-0.3, -0.25) is 4.79 Å². The molecule has 0 bridgehead atoms. The zero-order chi connectivity index (χ0) is 16.5. The Hall–Kier alpha value is -1.01. The summed E-state index contributed by atoms with van der Waals surface area (Å²) < 4.78 is 5.75. The number of nitrogens with zero attached hydrogens (tertiary/aromatic N) is 1. The van der Waals surface area contributed by atoms with Crippen LogP contribution in [0, 0.1) is 5.92 Å². The van der Waals surface area contributed by atoms with Crippen LogP contribution < -0.4 is 15.4 Å². The van der Waals surface area contributed by atoms with E-state index in [0.29, 0.717) is 6.61 Å². The van der Waals surface area contributed by atoms with Gasteiger partial charge in [-0.05, 0) is 56.7 Å². The van der Waals surface area contributed by atoms with E-state index >= 15 is 0 Å². The largest absolute Gasteiger partial charge is 0.492 e. The van der Waals surface area contributed by atoms with Gasteiger partial charge in [-0.25, -0.2) is 0 Å². The molecular formula is C18H31Cl2N3O2. The molecule has 1 fully saturated rings. The van der Waals surface area contributed by atoms with E-state index in [1.807, 2.05) is 24.3 Å². The predicted molar refractivity (Wildman–Crippen MR) is 108 cm³/mol. The van der Waals surface area contributed by atoms with Crippen LogP contribution in [0.5, 0.6) is 5.75 Å². The Labute approximate surface area is 163 Å². The minimum absolute atomic E-state index is 0. The minimum atomic E-state index is 0. The quantitative estimate of drug-likeness (QED) is 0.714. The van der Waals surface area contributed by atoms with Crippen LogP contribution >= 0.6 is 24.8 Å². The van der Waals surface area contributed by atoms with Crippen LogP contribution in [0.4, 0.5) is 5.69 Å². The second kappa shape index (κ2) is 13.2. The number of rotatable bonds is 8. The van der Waals surface area contributed by atoms with Gasteiger partial charge in [0.2, 0.25) is 5.91 Å². The number of nitrogens with one attached hydrogen (secondary N) is 2. The molecule has 2 N–H and O–H groups in total. The summed E-state index contributed by atoms with van der Waals surface area (Å²) in [5.74, 6) is 1.02. The Kier molecular flexibility index (Phi) is 12.7. The first-order valence-electron chi connectivity index (χ1n) is 8.69. The molecule has 1 aliphatic rings. The predicted octanol–water partition coefficient (Wildman–Crippen LogP) is 3.19. The minimum Gasteiger partial charge on any atom is -0.492 e. The molecule has 0 spiro atoms. The van der Waals surface area contributed by atoms with Gasteiger partial charge in [-0.1, -0.05) is 13.8 Å². The molecular weight excluding hydrogens is 361 g/mol. The fourth-order valence-electron chi connectivity index (χ4n) is 2.79. The van der Waals surface area contributed by atoms with Crippen LogP contribution in [-0.2, 0) is 4.79 Å². The van der Waals surface area contributed by atoms with E-state index in [4.69, 9.17) is 4.74 Å². The lowest BCUT2D eigenvalue weighted by Crippen LogP contribution is -2.37. The van der Waals surface area contributed by atoms with Gasteiger partial charge in [-0.2, -0.15) is 0 Å². The molecule has 0 saturated carbocycles. The molecule has 1 atom stereocenters. The zero-order valence-electron chi connectivity index (χ0n) is 15.1. The third-order valence-electron chi connectivity index (χ3n) is 4.36. The van der Waals surface area contributed by atoms with Crippen LogP contribution in [0.3, 0.4) is 0 Å². The van der Waals surface area contributed by atoms with E-state index in [1.54, 1.807) is 0 Å². The highest BCUT2D eigenvalue weighted by atomic mass is 35.5. The van der Waals surface area contributed by atoms with E-state index < -0.39 is 0 Å². The lowest BCUT2D eigenvalue weighted by atomic mass is 9.99. The van der Waals surface area contributed by atoms with Crippen molar-refractivity contribution in [2.24, 2.45) is 5.92 Å². The SMILES string of the molecule is CCN(CC)CCOc1ccc(NC(=O)C2CCCNC2)cc1.Cl.Cl. The van der Waals surface area contributed by atoms with E-state index in [9.17, 15) is 4.79 Å². The van der Waals surface area contributed by atoms with E-state index in [2.05, 4.69) is 29.4 Å². The van der Waals surface area contributed by atoms with Crippen LogP contribution in [0.2, 0.25) is 0 Å². The molecule has 1 aromatic carbocycles. The zero-order valence-corrected chi connectivity index (χ0v) is 16.8. The Morgan fingerprint density at radius 2 is 1.92 bits per heavy atom. The maximum absolute atomic E-state index is 12.2. The molecule has 2 rings (SSSR count). The number of halogens is 2. The molecule has 1 aromatic rings. The molecule has 1 unspecified atom stereocenters. The third-order valence-corrected chi connectivity index (χ3v) is 4.36. The fourth-order valence-corrected chi connectivity index (χ4v) is 2.79. The van der Waals surface area contributed by atoms with Gasteiger partial charge >= 0.3 is 0 Å². The summed E-state index contributed by atoms with van der Waals surface area (Å²) in [7, 11) is 0. The van der Waals surface area contributed by atoms with Crippen molar-refractivity contribution >= 4 is 36.4 Å². The smallest absolute Gasteiger partial charge is 0.228 e. The Morgan fingerprint density at radius 3 is 2.48 bits per heavy atom. The number of likely N-dealkylation sites (N-methyl/N-ethyl adjacent to an activating group) is 1. The van der Waals surface area contributed by atoms with Crippen LogP contribution in [0.15, 0.2) is 24.3 Å². The lowest BCUT2D eigenvalue weighted by Gasteiger charge is -2.22. The molecule has 7 heteroatoms. The average Bonchev–Trinajstić information content (AvgIpc) is 2.61. The summed E-state index contributed by atoms with van der Waals surface area (Å²) in [6.45, 7) is 9.80. The number of carbonyl (C=O) groups is 1. The number of hydrogen-bond donors (Lipinski definition) is 2. The summed E-state index contributed by atoms with van der Waals surface area (Å²) in [4.78, 5) is 14.5. The third kappa shape index (κ3) is 8.27. The summed E-state index contributed by atoms with van der Waals surface area (Å²) in [6.07, 6.45) is 2.03. The second-order valence-electron chi connectivity index (χ2n) is 5.93. The highest BCUT2D eigenvalue weighted by Gasteiger charge is 2.20. The fraction of sp³-hybridized carbons (Fsp3) is 0.611. The van der Waals surface area contributed by atoms with Crippen molar-refractivity contribution in [2.45, 2.75) is 26.7 Å². The van der Waals surface area contributed by atoms with Crippen LogP contribution in [0.1, 0.15) is 26.7 Å². The van der Waals surface area contributed by atoms with Gasteiger partial charge in [0.25, 0.3) is 0 Å². The van der Waals surface area contributed by atoms with Crippen molar-refractivity contribution in [1.82, 2.24) is 10.2 Å². The van der Waals surface area contributed by atoms with Crippen LogP contribution in [-0.4, -0.2) is 50.1 Å². The highest BCUT2D eigenvalue weighted by Crippen LogP contribution is 2.18. The summed E-state index contributed by atoms with van der Waals surface area (Å²) in [6, 6.07) is 7.63. The number of piperidine rings is 1. The first-order valence-corrected chi connectivity index (χ1v) is 8.69. The molecule has 25 heavy (non-hydrogen) atoms. The summed E-state index contributed by atoms with van der Waals surface area (Å²) in [5.41, 5.74) is 0.830. The first-order chi connectivity index (χ1) is 11.2. The number of hydrogen-bond acceptors (Lipinski definition) is 4. The molecule has 144 valence electrons. The topological polar surface area (TPSA) is 53.6 Å². The highest BCUT2D eigenvalue weighted by molar-refractivity contribution is 5.92. The Bertz CT molecular complexity index is 476. The van der Waals surface area contributed by atoms with Crippen molar-refractivity contribution in [3.63, 3.8) is 0 Å². The molecule has 5 nitrogen and oxygen atoms in total. The molecule has 1 amide bonds. The maximum atomic E-state index is 12.2. The van der Waals surface area contributed by atoms with Crippen molar-refractivity contribution < 1.29 is 9.53 Å². The van der Waals surface area contributed by atoms with Gasteiger partial charge in [0, 0.05) is 18.8 Å². The maximum Gasteiger partial charge on any atom is 0.228 e. The van der Waals surface area contributed by atoms with Crippen LogP contribution in [0.25, 0.3) is 0 Å². The molecule has 1 aliphatic heterocycles. The van der Waals surface area contributed by atoms with E-state index in [0.717, 1.165) is 57.0 Å². The van der Waals surface area contributed by atoms with Gasteiger partial charge in [0.05, 0.1) is 5.92 Å². The van der Waals surface area contributed by atoms with E-state index in [-0.39, 0.29) is 36.6 Å². The van der Waals surface area contributed by atoms with Gasteiger partial charge in [0.1, 0.15) is 12.4 Å². The first kappa shape index (κ1) is 24.0. The molecule has 1 heterocycles.